The third-order valence-electron chi connectivity index (χ3n) is 2.94. The summed E-state index contributed by atoms with van der Waals surface area (Å²) in [5.41, 5.74) is 1.71. The number of nitrogens with zero attached hydrogens (tertiary/aromatic N) is 3. The second kappa shape index (κ2) is 8.01. The van der Waals surface area contributed by atoms with E-state index < -0.39 is 5.91 Å². The lowest BCUT2D eigenvalue weighted by Crippen LogP contribution is -2.23. The molecule has 0 fully saturated rings. The first-order chi connectivity index (χ1) is 10.7. The maximum Gasteiger partial charge on any atom is 0.262 e. The second-order valence-electron chi connectivity index (χ2n) is 4.56. The maximum absolute atomic E-state index is 12.0. The van der Waals surface area contributed by atoms with Crippen molar-refractivity contribution >= 4 is 23.6 Å². The zero-order valence-corrected chi connectivity index (χ0v) is 12.6. The number of benzene rings is 1. The molecule has 0 aliphatic rings. The molecule has 0 bridgehead atoms. The van der Waals surface area contributed by atoms with E-state index in [-0.39, 0.29) is 5.57 Å². The van der Waals surface area contributed by atoms with Gasteiger partial charge in [0.25, 0.3) is 5.91 Å². The van der Waals surface area contributed by atoms with Crippen molar-refractivity contribution in [3.63, 3.8) is 0 Å². The van der Waals surface area contributed by atoms with Crippen LogP contribution in [0.5, 0.6) is 0 Å². The fourth-order valence-electron chi connectivity index (χ4n) is 1.85. The molecule has 1 heterocycles. The van der Waals surface area contributed by atoms with Crippen LogP contribution in [0, 0.1) is 11.3 Å². The third-order valence-corrected chi connectivity index (χ3v) is 3.11. The largest absolute Gasteiger partial charge is 0.347 e. The number of carbonyl (C=O) groups is 1. The zero-order chi connectivity index (χ0) is 15.8. The summed E-state index contributed by atoms with van der Waals surface area (Å²) in [6.45, 7) is 0.960. The van der Waals surface area contributed by atoms with E-state index in [2.05, 4.69) is 10.4 Å². The summed E-state index contributed by atoms with van der Waals surface area (Å²) < 4.78 is 1.66. The smallest absolute Gasteiger partial charge is 0.262 e. The number of nitriles is 1. The SMILES string of the molecule is N#CC(=Cc1cnn(CCCl)c1)C(=O)NCc1ccccc1. The van der Waals surface area contributed by atoms with E-state index in [1.165, 1.54) is 6.08 Å². The van der Waals surface area contributed by atoms with Crippen molar-refractivity contribution in [1.82, 2.24) is 15.1 Å². The molecule has 0 radical (unpaired) electrons. The average molecular weight is 315 g/mol. The van der Waals surface area contributed by atoms with Crippen molar-refractivity contribution in [3.8, 4) is 6.07 Å². The van der Waals surface area contributed by atoms with Gasteiger partial charge in [-0.3, -0.25) is 9.48 Å². The number of hydrogen-bond donors (Lipinski definition) is 1. The topological polar surface area (TPSA) is 70.7 Å². The van der Waals surface area contributed by atoms with Gasteiger partial charge in [-0.05, 0) is 11.6 Å². The number of aryl methyl sites for hydroxylation is 1. The van der Waals surface area contributed by atoms with Crippen molar-refractivity contribution < 1.29 is 4.79 Å². The van der Waals surface area contributed by atoms with Crippen molar-refractivity contribution in [2.75, 3.05) is 5.88 Å². The summed E-state index contributed by atoms with van der Waals surface area (Å²) in [6, 6.07) is 11.4. The Morgan fingerprint density at radius 1 is 1.41 bits per heavy atom. The fourth-order valence-corrected chi connectivity index (χ4v) is 2.02. The molecule has 22 heavy (non-hydrogen) atoms. The number of hydrogen-bond acceptors (Lipinski definition) is 3. The molecule has 1 aromatic carbocycles. The number of alkyl halides is 1. The molecular formula is C16H15ClN4O. The van der Waals surface area contributed by atoms with E-state index in [0.717, 1.165) is 5.56 Å². The number of halogens is 1. The van der Waals surface area contributed by atoms with Gasteiger partial charge in [0, 0.05) is 24.2 Å². The monoisotopic (exact) mass is 314 g/mol. The summed E-state index contributed by atoms with van der Waals surface area (Å²) >= 11 is 5.64. The number of amides is 1. The van der Waals surface area contributed by atoms with Crippen LogP contribution < -0.4 is 5.32 Å². The molecule has 1 aromatic heterocycles. The van der Waals surface area contributed by atoms with Gasteiger partial charge >= 0.3 is 0 Å². The minimum atomic E-state index is -0.406. The molecule has 1 amide bonds. The van der Waals surface area contributed by atoms with Gasteiger partial charge in [0.05, 0.1) is 12.7 Å². The van der Waals surface area contributed by atoms with Crippen molar-refractivity contribution in [2.45, 2.75) is 13.1 Å². The highest BCUT2D eigenvalue weighted by Gasteiger charge is 2.09. The molecule has 112 valence electrons. The van der Waals surface area contributed by atoms with Crippen molar-refractivity contribution in [3.05, 3.63) is 59.4 Å². The summed E-state index contributed by atoms with van der Waals surface area (Å²) in [6.07, 6.45) is 4.84. The lowest BCUT2D eigenvalue weighted by molar-refractivity contribution is -0.117. The molecule has 0 unspecified atom stereocenters. The molecule has 0 aliphatic heterocycles. The van der Waals surface area contributed by atoms with E-state index in [9.17, 15) is 4.79 Å². The van der Waals surface area contributed by atoms with Crippen LogP contribution in [0.2, 0.25) is 0 Å². The van der Waals surface area contributed by atoms with E-state index in [4.69, 9.17) is 16.9 Å². The van der Waals surface area contributed by atoms with Gasteiger partial charge in [0.15, 0.2) is 0 Å². The third kappa shape index (κ3) is 4.47. The Labute approximate surface area is 133 Å². The molecule has 0 saturated heterocycles. The number of rotatable bonds is 6. The summed E-state index contributed by atoms with van der Waals surface area (Å²) in [5, 5.41) is 16.0. The Balaban J connectivity index is 2.01. The number of nitrogens with one attached hydrogen (secondary N) is 1. The number of carbonyl (C=O) groups excluding carboxylic acids is 1. The molecule has 1 N–H and O–H groups in total. The predicted octanol–water partition coefficient (Wildman–Crippen LogP) is 2.35. The molecule has 2 rings (SSSR count). The Morgan fingerprint density at radius 3 is 2.86 bits per heavy atom. The van der Waals surface area contributed by atoms with Crippen LogP contribution in [0.3, 0.4) is 0 Å². The van der Waals surface area contributed by atoms with Crippen LogP contribution in [-0.4, -0.2) is 21.6 Å². The quantitative estimate of drug-likeness (QED) is 0.505. The Bertz CT molecular complexity index is 700. The lowest BCUT2D eigenvalue weighted by Gasteiger charge is -2.03. The molecule has 6 heteroatoms. The first-order valence-electron chi connectivity index (χ1n) is 6.75. The number of aromatic nitrogens is 2. The standard InChI is InChI=1S/C16H15ClN4O/c17-6-7-21-12-14(11-20-21)8-15(9-18)16(22)19-10-13-4-2-1-3-5-13/h1-5,8,11-12H,6-7,10H2,(H,19,22). The van der Waals surface area contributed by atoms with Crippen LogP contribution in [-0.2, 0) is 17.9 Å². The second-order valence-corrected chi connectivity index (χ2v) is 4.94. The predicted molar refractivity (Wildman–Crippen MR) is 84.8 cm³/mol. The van der Waals surface area contributed by atoms with Gasteiger partial charge < -0.3 is 5.32 Å². The first-order valence-corrected chi connectivity index (χ1v) is 7.28. The average Bonchev–Trinajstić information content (AvgIpc) is 2.99. The Kier molecular flexibility index (Phi) is 5.75. The van der Waals surface area contributed by atoms with Gasteiger partial charge in [0.2, 0.25) is 0 Å². The first kappa shape index (κ1) is 15.8. The van der Waals surface area contributed by atoms with E-state index >= 15 is 0 Å². The lowest BCUT2D eigenvalue weighted by atomic mass is 10.2. The van der Waals surface area contributed by atoms with Gasteiger partial charge in [-0.15, -0.1) is 11.6 Å². The fraction of sp³-hybridized carbons (Fsp3) is 0.188. The molecule has 0 spiro atoms. The van der Waals surface area contributed by atoms with E-state index in [0.29, 0.717) is 24.5 Å². The Morgan fingerprint density at radius 2 is 2.18 bits per heavy atom. The summed E-state index contributed by atoms with van der Waals surface area (Å²) in [5.74, 6) is 0.0458. The molecule has 0 atom stereocenters. The van der Waals surface area contributed by atoms with Crippen molar-refractivity contribution in [2.24, 2.45) is 0 Å². The summed E-state index contributed by atoms with van der Waals surface area (Å²) in [4.78, 5) is 12.0. The highest BCUT2D eigenvalue weighted by molar-refractivity contribution is 6.17. The Hall–Kier alpha value is -2.58. The zero-order valence-electron chi connectivity index (χ0n) is 11.9. The molecule has 0 aliphatic carbocycles. The van der Waals surface area contributed by atoms with Gasteiger partial charge in [-0.1, -0.05) is 30.3 Å². The van der Waals surface area contributed by atoms with Crippen LogP contribution in [0.25, 0.3) is 6.08 Å². The molecule has 0 saturated carbocycles. The molecule has 5 nitrogen and oxygen atoms in total. The van der Waals surface area contributed by atoms with E-state index in [1.807, 2.05) is 36.4 Å². The molecular weight excluding hydrogens is 300 g/mol. The van der Waals surface area contributed by atoms with Gasteiger partial charge in [-0.2, -0.15) is 10.4 Å². The highest BCUT2D eigenvalue weighted by atomic mass is 35.5. The van der Waals surface area contributed by atoms with Crippen LogP contribution in [0.1, 0.15) is 11.1 Å². The van der Waals surface area contributed by atoms with E-state index in [1.54, 1.807) is 17.1 Å². The maximum atomic E-state index is 12.0. The highest BCUT2D eigenvalue weighted by Crippen LogP contribution is 2.07. The van der Waals surface area contributed by atoms with Crippen molar-refractivity contribution in [1.29, 1.82) is 5.26 Å². The minimum absolute atomic E-state index is 0.0429. The van der Waals surface area contributed by atoms with Gasteiger partial charge in [0.1, 0.15) is 11.6 Å². The van der Waals surface area contributed by atoms with Crippen LogP contribution in [0.15, 0.2) is 48.3 Å². The van der Waals surface area contributed by atoms with Crippen LogP contribution >= 0.6 is 11.6 Å². The normalized spacial score (nSPS) is 11.0. The summed E-state index contributed by atoms with van der Waals surface area (Å²) in [7, 11) is 0. The van der Waals surface area contributed by atoms with Gasteiger partial charge in [-0.25, -0.2) is 0 Å². The molecule has 2 aromatic rings. The van der Waals surface area contributed by atoms with Crippen LogP contribution in [0.4, 0.5) is 0 Å². The minimum Gasteiger partial charge on any atom is -0.347 e.